The fourth-order valence-corrected chi connectivity index (χ4v) is 4.75. The minimum Gasteiger partial charge on any atom is -0.324 e. The molecule has 0 aliphatic heterocycles. The van der Waals surface area contributed by atoms with E-state index in [1.165, 1.54) is 23.9 Å². The number of hydrogen-bond donors (Lipinski definition) is 1. The van der Waals surface area contributed by atoms with Crippen molar-refractivity contribution in [2.75, 3.05) is 11.1 Å². The molecular formula is C22H13Cl3N4OS. The van der Waals surface area contributed by atoms with Gasteiger partial charge < -0.3 is 5.32 Å². The van der Waals surface area contributed by atoms with Gasteiger partial charge in [0.25, 0.3) is 0 Å². The second-order valence-corrected chi connectivity index (χ2v) is 8.92. The molecule has 0 unspecified atom stereocenters. The van der Waals surface area contributed by atoms with Crippen molar-refractivity contribution in [3.05, 3.63) is 75.7 Å². The summed E-state index contributed by atoms with van der Waals surface area (Å²) in [5.41, 5.74) is 3.84. The van der Waals surface area contributed by atoms with E-state index in [1.54, 1.807) is 0 Å². The van der Waals surface area contributed by atoms with Crippen LogP contribution in [0.4, 0.5) is 5.69 Å². The summed E-state index contributed by atoms with van der Waals surface area (Å²) in [4.78, 5) is 22.2. The number of nitrogens with one attached hydrogen (secondary N) is 1. The lowest BCUT2D eigenvalue weighted by atomic mass is 10.2. The maximum Gasteiger partial charge on any atom is 0.234 e. The summed E-state index contributed by atoms with van der Waals surface area (Å²) in [5.74, 6) is -0.110. The van der Waals surface area contributed by atoms with E-state index < -0.39 is 0 Å². The van der Waals surface area contributed by atoms with E-state index in [0.717, 1.165) is 27.6 Å². The number of aromatic nitrogens is 3. The van der Waals surface area contributed by atoms with Crippen LogP contribution in [0.2, 0.25) is 15.1 Å². The summed E-state index contributed by atoms with van der Waals surface area (Å²) < 4.78 is 1.99. The highest BCUT2D eigenvalue weighted by Crippen LogP contribution is 2.33. The van der Waals surface area contributed by atoms with Crippen molar-refractivity contribution >= 4 is 85.7 Å². The first-order chi connectivity index (χ1) is 15.0. The fraction of sp³-hybridized carbons (Fsp3) is 0.0455. The molecule has 9 heteroatoms. The molecule has 0 bridgehead atoms. The summed E-state index contributed by atoms with van der Waals surface area (Å²) >= 11 is 19.5. The highest BCUT2D eigenvalue weighted by Gasteiger charge is 2.16. The van der Waals surface area contributed by atoms with Gasteiger partial charge in [0.05, 0.1) is 43.1 Å². The van der Waals surface area contributed by atoms with Crippen LogP contribution >= 0.6 is 46.6 Å². The van der Waals surface area contributed by atoms with Gasteiger partial charge in [0.1, 0.15) is 5.65 Å². The van der Waals surface area contributed by atoms with Gasteiger partial charge in [-0.3, -0.25) is 9.20 Å². The number of para-hydroxylation sites is 3. The number of carbonyl (C=O) groups excluding carboxylic acids is 1. The Morgan fingerprint density at radius 2 is 1.61 bits per heavy atom. The van der Waals surface area contributed by atoms with Crippen LogP contribution in [-0.2, 0) is 4.79 Å². The molecule has 2 aromatic heterocycles. The van der Waals surface area contributed by atoms with E-state index in [4.69, 9.17) is 44.8 Å². The van der Waals surface area contributed by atoms with Crippen molar-refractivity contribution < 1.29 is 4.79 Å². The predicted molar refractivity (Wildman–Crippen MR) is 129 cm³/mol. The van der Waals surface area contributed by atoms with Crippen molar-refractivity contribution in [2.24, 2.45) is 0 Å². The Morgan fingerprint density at radius 1 is 0.903 bits per heavy atom. The van der Waals surface area contributed by atoms with Crippen molar-refractivity contribution in [2.45, 2.75) is 5.16 Å². The van der Waals surface area contributed by atoms with Crippen LogP contribution in [0.3, 0.4) is 0 Å². The molecule has 5 nitrogen and oxygen atoms in total. The largest absolute Gasteiger partial charge is 0.324 e. The standard InChI is InChI=1S/C22H13Cl3N4OS/c23-13-9-15(25)18(10-14(13)24)26-20(30)11-31-22-28-16-6-2-1-5-12(16)21-27-17-7-3-4-8-19(17)29(21)22/h1-10H,11H2,(H,26,30). The van der Waals surface area contributed by atoms with Gasteiger partial charge in [0.2, 0.25) is 5.91 Å². The number of anilines is 1. The molecule has 2 heterocycles. The molecule has 3 aromatic carbocycles. The summed E-state index contributed by atoms with van der Waals surface area (Å²) in [6.07, 6.45) is 0. The molecule has 0 aliphatic carbocycles. The first-order valence-corrected chi connectivity index (χ1v) is 11.4. The average molecular weight is 488 g/mol. The van der Waals surface area contributed by atoms with Gasteiger partial charge in [0, 0.05) is 5.39 Å². The smallest absolute Gasteiger partial charge is 0.234 e. The summed E-state index contributed by atoms with van der Waals surface area (Å²) in [5, 5.41) is 5.37. The number of nitrogens with zero attached hydrogens (tertiary/aromatic N) is 3. The zero-order chi connectivity index (χ0) is 21.5. The van der Waals surface area contributed by atoms with Crippen molar-refractivity contribution in [3.63, 3.8) is 0 Å². The van der Waals surface area contributed by atoms with E-state index in [9.17, 15) is 4.79 Å². The van der Waals surface area contributed by atoms with Gasteiger partial charge in [-0.15, -0.1) is 0 Å². The van der Waals surface area contributed by atoms with Gasteiger partial charge in [-0.1, -0.05) is 70.8 Å². The van der Waals surface area contributed by atoms with Gasteiger partial charge in [-0.25, -0.2) is 9.97 Å². The van der Waals surface area contributed by atoms with Gasteiger partial charge >= 0.3 is 0 Å². The molecule has 5 rings (SSSR count). The molecule has 5 aromatic rings. The number of benzene rings is 3. The van der Waals surface area contributed by atoms with E-state index >= 15 is 0 Å². The van der Waals surface area contributed by atoms with Crippen LogP contribution in [0, 0.1) is 0 Å². The molecule has 0 fully saturated rings. The SMILES string of the molecule is O=C(CSc1nc2ccccc2c2nc3ccccc3n12)Nc1cc(Cl)c(Cl)cc1Cl. The van der Waals surface area contributed by atoms with Crippen LogP contribution in [0.25, 0.3) is 27.6 Å². The number of hydrogen-bond acceptors (Lipinski definition) is 4. The van der Waals surface area contributed by atoms with Crippen LogP contribution in [0.1, 0.15) is 0 Å². The summed E-state index contributed by atoms with van der Waals surface area (Å²) in [7, 11) is 0. The van der Waals surface area contributed by atoms with E-state index in [-0.39, 0.29) is 11.7 Å². The second-order valence-electron chi connectivity index (χ2n) is 6.75. The number of rotatable bonds is 4. The second kappa shape index (κ2) is 8.20. The first-order valence-electron chi connectivity index (χ1n) is 9.24. The van der Waals surface area contributed by atoms with Crippen molar-refractivity contribution in [1.82, 2.24) is 14.4 Å². The summed E-state index contributed by atoms with van der Waals surface area (Å²) in [6, 6.07) is 18.7. The number of thioether (sulfide) groups is 1. The Bertz CT molecular complexity index is 1480. The first kappa shape index (κ1) is 20.4. The lowest BCUT2D eigenvalue weighted by molar-refractivity contribution is -0.113. The average Bonchev–Trinajstić information content (AvgIpc) is 3.16. The Morgan fingerprint density at radius 3 is 2.45 bits per heavy atom. The Balaban J connectivity index is 1.50. The van der Waals surface area contributed by atoms with E-state index in [1.807, 2.05) is 52.9 Å². The maximum absolute atomic E-state index is 12.6. The van der Waals surface area contributed by atoms with E-state index in [0.29, 0.717) is 25.9 Å². The van der Waals surface area contributed by atoms with E-state index in [2.05, 4.69) is 5.32 Å². The Hall–Kier alpha value is -2.51. The molecule has 0 radical (unpaired) electrons. The van der Waals surface area contributed by atoms with Crippen molar-refractivity contribution in [3.8, 4) is 0 Å². The van der Waals surface area contributed by atoms with Crippen LogP contribution in [-0.4, -0.2) is 26.0 Å². The third kappa shape index (κ3) is 3.81. The monoisotopic (exact) mass is 486 g/mol. The Kier molecular flexibility index (Phi) is 5.40. The predicted octanol–water partition coefficient (Wildman–Crippen LogP) is 6.73. The normalized spacial score (nSPS) is 11.5. The molecule has 0 atom stereocenters. The highest BCUT2D eigenvalue weighted by molar-refractivity contribution is 7.99. The molecule has 0 aliphatic rings. The molecule has 0 saturated heterocycles. The quantitative estimate of drug-likeness (QED) is 0.173. The molecule has 0 saturated carbocycles. The van der Waals surface area contributed by atoms with Gasteiger partial charge in [0.15, 0.2) is 5.16 Å². The van der Waals surface area contributed by atoms with Gasteiger partial charge in [-0.05, 0) is 36.4 Å². The Labute approximate surface area is 196 Å². The highest BCUT2D eigenvalue weighted by atomic mass is 35.5. The van der Waals surface area contributed by atoms with Crippen LogP contribution in [0.15, 0.2) is 65.8 Å². The van der Waals surface area contributed by atoms with Crippen molar-refractivity contribution in [1.29, 1.82) is 0 Å². The van der Waals surface area contributed by atoms with Crippen LogP contribution in [0.5, 0.6) is 0 Å². The zero-order valence-corrected chi connectivity index (χ0v) is 18.9. The molecule has 1 amide bonds. The third-order valence-electron chi connectivity index (χ3n) is 4.73. The third-order valence-corrected chi connectivity index (χ3v) is 6.70. The molecule has 154 valence electrons. The fourth-order valence-electron chi connectivity index (χ4n) is 3.35. The zero-order valence-electron chi connectivity index (χ0n) is 15.8. The van der Waals surface area contributed by atoms with Gasteiger partial charge in [-0.2, -0.15) is 0 Å². The van der Waals surface area contributed by atoms with Crippen LogP contribution < -0.4 is 5.32 Å². The number of fused-ring (bicyclic) bond motifs is 5. The molecular weight excluding hydrogens is 475 g/mol. The number of carbonyl (C=O) groups is 1. The topological polar surface area (TPSA) is 59.3 Å². The minimum absolute atomic E-state index is 0.128. The molecule has 1 N–H and O–H groups in total. The number of imidazole rings is 1. The maximum atomic E-state index is 12.6. The lowest BCUT2D eigenvalue weighted by Crippen LogP contribution is -2.15. The minimum atomic E-state index is -0.238. The lowest BCUT2D eigenvalue weighted by Gasteiger charge is -2.10. The summed E-state index contributed by atoms with van der Waals surface area (Å²) in [6.45, 7) is 0. The molecule has 0 spiro atoms. The number of amides is 1. The number of halogens is 3. The molecule has 31 heavy (non-hydrogen) atoms.